The number of sulfonamides is 1. The first-order valence-corrected chi connectivity index (χ1v) is 16.5. The minimum Gasteiger partial charge on any atom is -0.497 e. The standard InChI is InChI=1S/C33H42ClN3O8S/c1-8-27(33(39)35-19-22(2)3)36(20-23-9-11-24(34)12-10-23)32(38)21-37(28-17-25(42-4)13-15-29(28)43-5)46(40,41)26-14-16-30(44-6)31(18-26)45-7/h9-18,22,27H,8,19-21H2,1-7H3,(H,35,39)/t27-/m0/s1. The van der Waals surface area contributed by atoms with Gasteiger partial charge in [-0.25, -0.2) is 8.42 Å². The highest BCUT2D eigenvalue weighted by Crippen LogP contribution is 2.38. The average molecular weight is 676 g/mol. The normalized spacial score (nSPS) is 11.8. The maximum Gasteiger partial charge on any atom is 0.265 e. The van der Waals surface area contributed by atoms with Crippen molar-refractivity contribution < 1.29 is 37.0 Å². The predicted molar refractivity (Wildman–Crippen MR) is 178 cm³/mol. The molecule has 1 atom stereocenters. The molecule has 2 amide bonds. The van der Waals surface area contributed by atoms with Gasteiger partial charge in [-0.3, -0.25) is 13.9 Å². The monoisotopic (exact) mass is 675 g/mol. The lowest BCUT2D eigenvalue weighted by molar-refractivity contribution is -0.140. The number of hydrogen-bond donors (Lipinski definition) is 1. The third kappa shape index (κ3) is 8.76. The highest BCUT2D eigenvalue weighted by atomic mass is 35.5. The van der Waals surface area contributed by atoms with E-state index in [1.54, 1.807) is 43.3 Å². The summed E-state index contributed by atoms with van der Waals surface area (Å²) in [5.74, 6) is 0.267. The second kappa shape index (κ2) is 16.4. The molecule has 3 rings (SSSR count). The molecule has 0 unspecified atom stereocenters. The number of hydrogen-bond acceptors (Lipinski definition) is 8. The molecule has 0 saturated carbocycles. The molecule has 1 N–H and O–H groups in total. The van der Waals surface area contributed by atoms with Gasteiger partial charge in [-0.1, -0.05) is 44.5 Å². The van der Waals surface area contributed by atoms with Crippen LogP contribution in [-0.4, -0.2) is 72.7 Å². The lowest BCUT2D eigenvalue weighted by atomic mass is 10.1. The molecule has 250 valence electrons. The number of carbonyl (C=O) groups is 2. The number of ether oxygens (including phenoxy) is 4. The van der Waals surface area contributed by atoms with E-state index >= 15 is 0 Å². The Bertz CT molecular complexity index is 1600. The van der Waals surface area contributed by atoms with Crippen LogP contribution in [0.5, 0.6) is 23.0 Å². The Morgan fingerprint density at radius 2 is 1.48 bits per heavy atom. The Kier molecular flexibility index (Phi) is 13.0. The summed E-state index contributed by atoms with van der Waals surface area (Å²) in [4.78, 5) is 29.1. The van der Waals surface area contributed by atoms with Crippen LogP contribution in [-0.2, 0) is 26.2 Å². The van der Waals surface area contributed by atoms with E-state index < -0.39 is 28.5 Å². The van der Waals surface area contributed by atoms with Crippen molar-refractivity contribution >= 4 is 39.1 Å². The fraction of sp³-hybridized carbons (Fsp3) is 0.394. The summed E-state index contributed by atoms with van der Waals surface area (Å²) < 4.78 is 51.4. The summed E-state index contributed by atoms with van der Waals surface area (Å²) in [6.07, 6.45) is 0.286. The molecule has 46 heavy (non-hydrogen) atoms. The van der Waals surface area contributed by atoms with E-state index in [2.05, 4.69) is 5.32 Å². The van der Waals surface area contributed by atoms with Gasteiger partial charge in [-0.05, 0) is 54.3 Å². The van der Waals surface area contributed by atoms with E-state index in [9.17, 15) is 18.0 Å². The van der Waals surface area contributed by atoms with Crippen LogP contribution in [0.4, 0.5) is 5.69 Å². The van der Waals surface area contributed by atoms with Gasteiger partial charge in [0.2, 0.25) is 11.8 Å². The van der Waals surface area contributed by atoms with Gasteiger partial charge in [0.15, 0.2) is 11.5 Å². The molecule has 0 radical (unpaired) electrons. The lowest BCUT2D eigenvalue weighted by Gasteiger charge is -2.33. The van der Waals surface area contributed by atoms with Gasteiger partial charge in [0.25, 0.3) is 10.0 Å². The van der Waals surface area contributed by atoms with Crippen molar-refractivity contribution in [2.75, 3.05) is 45.8 Å². The van der Waals surface area contributed by atoms with Crippen molar-refractivity contribution in [2.45, 2.75) is 44.7 Å². The van der Waals surface area contributed by atoms with Crippen LogP contribution in [0.1, 0.15) is 32.8 Å². The number of rotatable bonds is 16. The van der Waals surface area contributed by atoms with Gasteiger partial charge in [0.05, 0.1) is 39.0 Å². The lowest BCUT2D eigenvalue weighted by Crippen LogP contribution is -2.52. The Morgan fingerprint density at radius 1 is 0.848 bits per heavy atom. The second-order valence-corrected chi connectivity index (χ2v) is 13.1. The molecular formula is C33H42ClN3O8S. The van der Waals surface area contributed by atoms with Crippen molar-refractivity contribution in [1.29, 1.82) is 0 Å². The third-order valence-corrected chi connectivity index (χ3v) is 9.22. The molecule has 3 aromatic rings. The molecule has 0 bridgehead atoms. The SMILES string of the molecule is CC[C@@H](C(=O)NCC(C)C)N(Cc1ccc(Cl)cc1)C(=O)CN(c1cc(OC)ccc1OC)S(=O)(=O)c1ccc(OC)c(OC)c1. The molecule has 11 nitrogen and oxygen atoms in total. The zero-order valence-electron chi connectivity index (χ0n) is 27.2. The van der Waals surface area contributed by atoms with Crippen LogP contribution in [0.2, 0.25) is 5.02 Å². The van der Waals surface area contributed by atoms with E-state index in [-0.39, 0.29) is 46.9 Å². The first-order valence-electron chi connectivity index (χ1n) is 14.7. The van der Waals surface area contributed by atoms with Gasteiger partial charge in [0.1, 0.15) is 24.1 Å². The molecule has 0 fully saturated rings. The third-order valence-electron chi connectivity index (χ3n) is 7.21. The van der Waals surface area contributed by atoms with Crippen LogP contribution in [0.15, 0.2) is 65.6 Å². The van der Waals surface area contributed by atoms with Crippen LogP contribution in [0.25, 0.3) is 0 Å². The van der Waals surface area contributed by atoms with Crippen molar-refractivity contribution in [1.82, 2.24) is 10.2 Å². The minimum absolute atomic E-state index is 0.0309. The van der Waals surface area contributed by atoms with Gasteiger partial charge < -0.3 is 29.2 Å². The Morgan fingerprint density at radius 3 is 2.04 bits per heavy atom. The van der Waals surface area contributed by atoms with Crippen molar-refractivity contribution in [3.05, 3.63) is 71.2 Å². The largest absolute Gasteiger partial charge is 0.497 e. The smallest absolute Gasteiger partial charge is 0.265 e. The first-order chi connectivity index (χ1) is 21.9. The fourth-order valence-corrected chi connectivity index (χ4v) is 6.30. The van der Waals surface area contributed by atoms with E-state index in [0.29, 0.717) is 28.6 Å². The predicted octanol–water partition coefficient (Wildman–Crippen LogP) is 5.15. The van der Waals surface area contributed by atoms with Crippen LogP contribution in [0.3, 0.4) is 0 Å². The van der Waals surface area contributed by atoms with Crippen molar-refractivity contribution in [2.24, 2.45) is 5.92 Å². The summed E-state index contributed by atoms with van der Waals surface area (Å²) in [5.41, 5.74) is 0.773. The summed E-state index contributed by atoms with van der Waals surface area (Å²) in [6.45, 7) is 5.52. The molecule has 0 saturated heterocycles. The maximum atomic E-state index is 14.4. The van der Waals surface area contributed by atoms with Gasteiger partial charge in [-0.2, -0.15) is 0 Å². The van der Waals surface area contributed by atoms with Crippen molar-refractivity contribution in [3.8, 4) is 23.0 Å². The van der Waals surface area contributed by atoms with Gasteiger partial charge in [-0.15, -0.1) is 0 Å². The average Bonchev–Trinajstić information content (AvgIpc) is 3.05. The van der Waals surface area contributed by atoms with E-state index in [1.165, 1.54) is 57.6 Å². The number of methoxy groups -OCH3 is 4. The van der Waals surface area contributed by atoms with Crippen LogP contribution in [0, 0.1) is 5.92 Å². The molecule has 0 aliphatic rings. The van der Waals surface area contributed by atoms with Crippen molar-refractivity contribution in [3.63, 3.8) is 0 Å². The second-order valence-electron chi connectivity index (χ2n) is 10.8. The molecule has 0 aromatic heterocycles. The number of anilines is 1. The topological polar surface area (TPSA) is 124 Å². The van der Waals surface area contributed by atoms with E-state index in [0.717, 1.165) is 4.31 Å². The molecular weight excluding hydrogens is 634 g/mol. The highest BCUT2D eigenvalue weighted by molar-refractivity contribution is 7.92. The Balaban J connectivity index is 2.18. The Labute approximate surface area is 276 Å². The number of amides is 2. The highest BCUT2D eigenvalue weighted by Gasteiger charge is 2.35. The minimum atomic E-state index is -4.45. The number of carbonyl (C=O) groups excluding carboxylic acids is 2. The maximum absolute atomic E-state index is 14.4. The molecule has 3 aromatic carbocycles. The van der Waals surface area contributed by atoms with E-state index in [1.807, 2.05) is 13.8 Å². The summed E-state index contributed by atoms with van der Waals surface area (Å²) >= 11 is 6.10. The quantitative estimate of drug-likeness (QED) is 0.221. The number of benzene rings is 3. The van der Waals surface area contributed by atoms with Gasteiger partial charge in [0, 0.05) is 30.2 Å². The van der Waals surface area contributed by atoms with Gasteiger partial charge >= 0.3 is 0 Å². The number of halogens is 1. The molecule has 0 spiro atoms. The summed E-state index contributed by atoms with van der Waals surface area (Å²) in [5, 5.41) is 3.43. The number of nitrogens with one attached hydrogen (secondary N) is 1. The zero-order valence-corrected chi connectivity index (χ0v) is 28.8. The molecule has 0 heterocycles. The molecule has 0 aliphatic carbocycles. The van der Waals surface area contributed by atoms with E-state index in [4.69, 9.17) is 30.5 Å². The van der Waals surface area contributed by atoms with Crippen LogP contribution < -0.4 is 28.6 Å². The fourth-order valence-electron chi connectivity index (χ4n) is 4.74. The first kappa shape index (κ1) is 36.3. The Hall–Kier alpha value is -4.16. The van der Waals surface area contributed by atoms with Crippen LogP contribution >= 0.6 is 11.6 Å². The molecule has 0 aliphatic heterocycles. The zero-order chi connectivity index (χ0) is 34.0. The summed E-state index contributed by atoms with van der Waals surface area (Å²) in [6, 6.07) is 14.8. The number of nitrogens with zero attached hydrogens (tertiary/aromatic N) is 2. The summed E-state index contributed by atoms with van der Waals surface area (Å²) in [7, 11) is 1.22. The molecule has 13 heteroatoms.